The largest absolute Gasteiger partial charge is 0.309 e. The molecule has 218 valence electrons. The molecule has 9 aromatic carbocycles. The average Bonchev–Trinajstić information content (AvgIpc) is 3.47. The van der Waals surface area contributed by atoms with Gasteiger partial charge in [0.25, 0.3) is 0 Å². The van der Waals surface area contributed by atoms with E-state index in [1.54, 1.807) is 0 Å². The van der Waals surface area contributed by atoms with Crippen molar-refractivity contribution >= 4 is 64.9 Å². The normalized spacial score (nSPS) is 11.8. The van der Waals surface area contributed by atoms with E-state index in [0.717, 1.165) is 0 Å². The number of aromatic nitrogens is 1. The Morgan fingerprint density at radius 1 is 0.277 bits per heavy atom. The van der Waals surface area contributed by atoms with Crippen LogP contribution in [0.1, 0.15) is 0 Å². The number of hydrogen-bond acceptors (Lipinski definition) is 0. The predicted molar refractivity (Wildman–Crippen MR) is 202 cm³/mol. The molecule has 10 rings (SSSR count). The average molecular weight is 596 g/mol. The minimum absolute atomic E-state index is 1.18. The maximum atomic E-state index is 2.41. The van der Waals surface area contributed by atoms with Crippen LogP contribution in [0, 0.1) is 0 Å². The molecule has 1 nitrogen and oxygen atoms in total. The van der Waals surface area contributed by atoms with Crippen LogP contribution in [0.3, 0.4) is 0 Å². The van der Waals surface area contributed by atoms with Crippen molar-refractivity contribution in [2.75, 3.05) is 0 Å². The van der Waals surface area contributed by atoms with Gasteiger partial charge in [0, 0.05) is 16.5 Å². The Hall–Kier alpha value is -6.18. The molecular weight excluding hydrogens is 567 g/mol. The molecule has 1 aromatic heterocycles. The molecule has 0 bridgehead atoms. The van der Waals surface area contributed by atoms with Crippen LogP contribution in [0.4, 0.5) is 0 Å². The molecule has 0 saturated heterocycles. The monoisotopic (exact) mass is 595 g/mol. The van der Waals surface area contributed by atoms with Crippen molar-refractivity contribution in [3.8, 4) is 27.9 Å². The lowest BCUT2D eigenvalue weighted by Crippen LogP contribution is -1.94. The molecule has 1 heteroatoms. The first kappa shape index (κ1) is 26.1. The molecular formula is C46H29N. The third kappa shape index (κ3) is 3.84. The van der Waals surface area contributed by atoms with Crippen LogP contribution < -0.4 is 0 Å². The van der Waals surface area contributed by atoms with E-state index >= 15 is 0 Å². The Labute approximate surface area is 272 Å². The Bertz CT molecular complexity index is 2730. The van der Waals surface area contributed by atoms with Crippen molar-refractivity contribution in [3.05, 3.63) is 176 Å². The standard InChI is InChI=1S/C46H29N/c1-2-16-33(17-3-1)47-42-25-13-12-20-36(42)41-29-32(26-27-43(41)47)44-37-21-8-10-23-39(37)46(40-24-11-9-22-38(40)44)45-34-18-6-4-14-30(34)28-31-15-5-7-19-35(31)45/h1-29H. The molecule has 0 radical (unpaired) electrons. The van der Waals surface area contributed by atoms with Crippen molar-refractivity contribution in [2.45, 2.75) is 0 Å². The summed E-state index contributed by atoms with van der Waals surface area (Å²) in [5, 5.41) is 12.7. The van der Waals surface area contributed by atoms with Gasteiger partial charge in [-0.2, -0.15) is 0 Å². The molecule has 0 amide bonds. The number of hydrogen-bond donors (Lipinski definition) is 0. The van der Waals surface area contributed by atoms with Gasteiger partial charge in [-0.15, -0.1) is 0 Å². The molecule has 0 saturated carbocycles. The summed E-state index contributed by atoms with van der Waals surface area (Å²) >= 11 is 0. The van der Waals surface area contributed by atoms with Crippen molar-refractivity contribution in [1.29, 1.82) is 0 Å². The first-order valence-electron chi connectivity index (χ1n) is 16.3. The lowest BCUT2D eigenvalue weighted by Gasteiger charge is -2.20. The van der Waals surface area contributed by atoms with Crippen LogP contribution in [-0.2, 0) is 0 Å². The molecule has 0 unspecified atom stereocenters. The fourth-order valence-corrected chi connectivity index (χ4v) is 7.98. The van der Waals surface area contributed by atoms with Gasteiger partial charge >= 0.3 is 0 Å². The van der Waals surface area contributed by atoms with Gasteiger partial charge in [-0.25, -0.2) is 0 Å². The summed E-state index contributed by atoms with van der Waals surface area (Å²) in [6.07, 6.45) is 0. The van der Waals surface area contributed by atoms with Gasteiger partial charge in [-0.1, -0.05) is 140 Å². The molecule has 0 fully saturated rings. The number of nitrogens with zero attached hydrogens (tertiary/aromatic N) is 1. The van der Waals surface area contributed by atoms with E-state index in [9.17, 15) is 0 Å². The molecule has 1 heterocycles. The highest BCUT2D eigenvalue weighted by atomic mass is 15.0. The first-order valence-corrected chi connectivity index (χ1v) is 16.3. The van der Waals surface area contributed by atoms with Gasteiger partial charge in [-0.05, 0) is 102 Å². The summed E-state index contributed by atoms with van der Waals surface area (Å²) in [6, 6.07) is 64.5. The molecule has 0 spiro atoms. The number of para-hydroxylation sites is 2. The van der Waals surface area contributed by atoms with E-state index in [-0.39, 0.29) is 0 Å². The van der Waals surface area contributed by atoms with Crippen LogP contribution in [0.5, 0.6) is 0 Å². The predicted octanol–water partition coefficient (Wildman–Crippen LogP) is 12.7. The molecule has 0 aliphatic heterocycles. The van der Waals surface area contributed by atoms with Crippen LogP contribution in [0.2, 0.25) is 0 Å². The van der Waals surface area contributed by atoms with Crippen molar-refractivity contribution in [1.82, 2.24) is 4.57 Å². The Balaban J connectivity index is 1.33. The van der Waals surface area contributed by atoms with E-state index < -0.39 is 0 Å². The fourth-order valence-electron chi connectivity index (χ4n) is 7.98. The maximum Gasteiger partial charge on any atom is 0.0541 e. The van der Waals surface area contributed by atoms with Gasteiger partial charge < -0.3 is 4.57 Å². The molecule has 47 heavy (non-hydrogen) atoms. The number of rotatable bonds is 3. The summed E-state index contributed by atoms with van der Waals surface area (Å²) in [7, 11) is 0. The van der Waals surface area contributed by atoms with Gasteiger partial charge in [0.05, 0.1) is 11.0 Å². The summed E-state index contributed by atoms with van der Waals surface area (Å²) in [6.45, 7) is 0. The Kier molecular flexibility index (Phi) is 5.64. The summed E-state index contributed by atoms with van der Waals surface area (Å²) in [5.41, 5.74) is 8.73. The highest BCUT2D eigenvalue weighted by Gasteiger charge is 2.21. The highest BCUT2D eigenvalue weighted by Crippen LogP contribution is 2.48. The fraction of sp³-hybridized carbons (Fsp3) is 0. The second-order valence-corrected chi connectivity index (χ2v) is 12.5. The zero-order valence-electron chi connectivity index (χ0n) is 25.7. The second-order valence-electron chi connectivity index (χ2n) is 12.5. The van der Waals surface area contributed by atoms with Crippen LogP contribution in [-0.4, -0.2) is 4.57 Å². The lowest BCUT2D eigenvalue weighted by molar-refractivity contribution is 1.18. The second kappa shape index (κ2) is 10.2. The first-order chi connectivity index (χ1) is 23.3. The Morgan fingerprint density at radius 3 is 1.34 bits per heavy atom. The van der Waals surface area contributed by atoms with E-state index in [1.165, 1.54) is 92.8 Å². The van der Waals surface area contributed by atoms with Crippen LogP contribution in [0.25, 0.3) is 92.8 Å². The minimum Gasteiger partial charge on any atom is -0.309 e. The maximum absolute atomic E-state index is 2.41. The quantitative estimate of drug-likeness (QED) is 0.179. The lowest BCUT2D eigenvalue weighted by atomic mass is 9.83. The van der Waals surface area contributed by atoms with E-state index in [0.29, 0.717) is 0 Å². The molecule has 0 N–H and O–H groups in total. The number of benzene rings is 9. The molecule has 0 atom stereocenters. The van der Waals surface area contributed by atoms with Gasteiger partial charge in [0.1, 0.15) is 0 Å². The van der Waals surface area contributed by atoms with E-state index in [4.69, 9.17) is 0 Å². The number of fused-ring (bicyclic) bond motifs is 7. The molecule has 10 aromatic rings. The van der Waals surface area contributed by atoms with Gasteiger partial charge in [0.15, 0.2) is 0 Å². The smallest absolute Gasteiger partial charge is 0.0541 e. The third-order valence-electron chi connectivity index (χ3n) is 9.93. The van der Waals surface area contributed by atoms with Crippen LogP contribution >= 0.6 is 0 Å². The Morgan fingerprint density at radius 2 is 0.723 bits per heavy atom. The van der Waals surface area contributed by atoms with Gasteiger partial charge in [-0.3, -0.25) is 0 Å². The summed E-state index contributed by atoms with van der Waals surface area (Å²) < 4.78 is 2.39. The van der Waals surface area contributed by atoms with E-state index in [2.05, 4.69) is 180 Å². The van der Waals surface area contributed by atoms with Crippen molar-refractivity contribution < 1.29 is 0 Å². The summed E-state index contributed by atoms with van der Waals surface area (Å²) in [4.78, 5) is 0. The van der Waals surface area contributed by atoms with Crippen LogP contribution in [0.15, 0.2) is 176 Å². The zero-order valence-corrected chi connectivity index (χ0v) is 25.7. The third-order valence-corrected chi connectivity index (χ3v) is 9.93. The SMILES string of the molecule is c1ccc(-n2c3ccccc3c3cc(-c4c5ccccc5c(-c5c6ccccc6cc6ccccc56)c5ccccc45)ccc32)cc1. The highest BCUT2D eigenvalue weighted by molar-refractivity contribution is 6.27. The van der Waals surface area contributed by atoms with Gasteiger partial charge in [0.2, 0.25) is 0 Å². The van der Waals surface area contributed by atoms with E-state index in [1.807, 2.05) is 0 Å². The molecule has 0 aliphatic carbocycles. The summed E-state index contributed by atoms with van der Waals surface area (Å²) in [5.74, 6) is 0. The molecule has 0 aliphatic rings. The van der Waals surface area contributed by atoms with Crippen molar-refractivity contribution in [2.24, 2.45) is 0 Å². The van der Waals surface area contributed by atoms with Crippen molar-refractivity contribution in [3.63, 3.8) is 0 Å². The topological polar surface area (TPSA) is 4.93 Å². The minimum atomic E-state index is 1.18. The zero-order chi connectivity index (χ0) is 30.9.